The van der Waals surface area contributed by atoms with Crippen LogP contribution in [0, 0.1) is 18.8 Å². The van der Waals surface area contributed by atoms with E-state index in [-0.39, 0.29) is 24.8 Å². The molecule has 2 atom stereocenters. The molecule has 2 aromatic rings. The third-order valence-electron chi connectivity index (χ3n) is 4.12. The second-order valence-corrected chi connectivity index (χ2v) is 6.81. The number of hydrogen-bond acceptors (Lipinski definition) is 5. The maximum atomic E-state index is 12.4. The van der Waals surface area contributed by atoms with Gasteiger partial charge in [-0.05, 0) is 25.0 Å². The summed E-state index contributed by atoms with van der Waals surface area (Å²) in [6, 6.07) is 3.73. The molecule has 0 aliphatic carbocycles. The Kier molecular flexibility index (Phi) is 4.21. The third-order valence-corrected chi connectivity index (χ3v) is 5.02. The van der Waals surface area contributed by atoms with Gasteiger partial charge < -0.3 is 14.4 Å². The van der Waals surface area contributed by atoms with Gasteiger partial charge in [0.15, 0.2) is 10.8 Å². The summed E-state index contributed by atoms with van der Waals surface area (Å²) in [5, 5.41) is 11.7. The number of carboxylic acid groups (broad SMARTS) is 1. The Labute approximate surface area is 137 Å². The first kappa shape index (κ1) is 15.7. The SMILES string of the molecule is Cc1ccc(-c2nc(CC(=O)N3C[C@@H](C)[C@H](C(=O)O)C3)cs2)o1. The molecule has 1 amide bonds. The van der Waals surface area contributed by atoms with Crippen molar-refractivity contribution in [2.24, 2.45) is 11.8 Å². The molecule has 2 aromatic heterocycles. The van der Waals surface area contributed by atoms with Crippen LogP contribution in [-0.4, -0.2) is 40.0 Å². The van der Waals surface area contributed by atoms with E-state index in [2.05, 4.69) is 4.98 Å². The minimum absolute atomic E-state index is 0.0199. The highest BCUT2D eigenvalue weighted by atomic mass is 32.1. The minimum Gasteiger partial charge on any atom is -0.481 e. The Bertz CT molecular complexity index is 736. The van der Waals surface area contributed by atoms with Gasteiger partial charge in [0.1, 0.15) is 5.76 Å². The Morgan fingerprint density at radius 1 is 1.43 bits per heavy atom. The molecule has 6 nitrogen and oxygen atoms in total. The van der Waals surface area contributed by atoms with Crippen LogP contribution in [0.3, 0.4) is 0 Å². The molecule has 3 heterocycles. The fourth-order valence-electron chi connectivity index (χ4n) is 2.81. The molecule has 0 aromatic carbocycles. The molecule has 0 spiro atoms. The lowest BCUT2D eigenvalue weighted by atomic mass is 9.99. The summed E-state index contributed by atoms with van der Waals surface area (Å²) >= 11 is 1.44. The third kappa shape index (κ3) is 3.29. The molecular formula is C16H18N2O4S. The van der Waals surface area contributed by atoms with Crippen LogP contribution in [0.5, 0.6) is 0 Å². The molecule has 122 valence electrons. The highest BCUT2D eigenvalue weighted by Gasteiger charge is 2.36. The van der Waals surface area contributed by atoms with Gasteiger partial charge in [-0.25, -0.2) is 4.98 Å². The van der Waals surface area contributed by atoms with Crippen molar-refractivity contribution < 1.29 is 19.1 Å². The first-order chi connectivity index (χ1) is 10.9. The van der Waals surface area contributed by atoms with Gasteiger partial charge in [-0.15, -0.1) is 11.3 Å². The maximum absolute atomic E-state index is 12.4. The first-order valence-corrected chi connectivity index (χ1v) is 8.34. The molecule has 0 saturated carbocycles. The molecule has 1 N–H and O–H groups in total. The van der Waals surface area contributed by atoms with Crippen LogP contribution in [-0.2, 0) is 16.0 Å². The van der Waals surface area contributed by atoms with E-state index in [9.17, 15) is 9.59 Å². The Hall–Kier alpha value is -2.15. The number of hydrogen-bond donors (Lipinski definition) is 1. The van der Waals surface area contributed by atoms with Gasteiger partial charge in [-0.1, -0.05) is 6.92 Å². The normalized spacial score (nSPS) is 20.9. The zero-order valence-electron chi connectivity index (χ0n) is 13.0. The Morgan fingerprint density at radius 2 is 2.22 bits per heavy atom. The summed E-state index contributed by atoms with van der Waals surface area (Å²) in [4.78, 5) is 29.6. The van der Waals surface area contributed by atoms with Crippen LogP contribution in [0.25, 0.3) is 10.8 Å². The summed E-state index contributed by atoms with van der Waals surface area (Å²) in [6.07, 6.45) is 0.190. The Morgan fingerprint density at radius 3 is 2.83 bits per heavy atom. The van der Waals surface area contributed by atoms with Crippen LogP contribution in [0.1, 0.15) is 18.4 Å². The van der Waals surface area contributed by atoms with Crippen LogP contribution < -0.4 is 0 Å². The largest absolute Gasteiger partial charge is 0.481 e. The van der Waals surface area contributed by atoms with Crippen LogP contribution in [0.4, 0.5) is 0 Å². The average Bonchev–Trinajstić information content (AvgIpc) is 3.18. The van der Waals surface area contributed by atoms with Crippen LogP contribution >= 0.6 is 11.3 Å². The number of nitrogens with zero attached hydrogens (tertiary/aromatic N) is 2. The maximum Gasteiger partial charge on any atom is 0.308 e. The number of likely N-dealkylation sites (tertiary alicyclic amines) is 1. The van der Waals surface area contributed by atoms with Crippen molar-refractivity contribution >= 4 is 23.2 Å². The van der Waals surface area contributed by atoms with Crippen LogP contribution in [0.2, 0.25) is 0 Å². The zero-order chi connectivity index (χ0) is 16.6. The topological polar surface area (TPSA) is 83.6 Å². The van der Waals surface area contributed by atoms with Gasteiger partial charge in [0.05, 0.1) is 18.0 Å². The van der Waals surface area contributed by atoms with Crippen molar-refractivity contribution in [3.05, 3.63) is 29.0 Å². The molecule has 1 aliphatic rings. The summed E-state index contributed by atoms with van der Waals surface area (Å²) in [5.41, 5.74) is 0.690. The fourth-order valence-corrected chi connectivity index (χ4v) is 3.59. The monoisotopic (exact) mass is 334 g/mol. The van der Waals surface area contributed by atoms with E-state index in [0.29, 0.717) is 18.0 Å². The van der Waals surface area contributed by atoms with E-state index in [4.69, 9.17) is 9.52 Å². The molecule has 3 rings (SSSR count). The number of aliphatic carboxylic acids is 1. The molecule has 23 heavy (non-hydrogen) atoms. The summed E-state index contributed by atoms with van der Waals surface area (Å²) < 4.78 is 5.53. The summed E-state index contributed by atoms with van der Waals surface area (Å²) in [7, 11) is 0. The first-order valence-electron chi connectivity index (χ1n) is 7.46. The van der Waals surface area contributed by atoms with Crippen molar-refractivity contribution in [2.45, 2.75) is 20.3 Å². The highest BCUT2D eigenvalue weighted by molar-refractivity contribution is 7.13. The number of aryl methyl sites for hydroxylation is 1. The van der Waals surface area contributed by atoms with Crippen molar-refractivity contribution in [2.75, 3.05) is 13.1 Å². The van der Waals surface area contributed by atoms with Gasteiger partial charge in [0.2, 0.25) is 5.91 Å². The van der Waals surface area contributed by atoms with E-state index in [1.165, 1.54) is 11.3 Å². The zero-order valence-corrected chi connectivity index (χ0v) is 13.8. The molecule has 0 radical (unpaired) electrons. The lowest BCUT2D eigenvalue weighted by molar-refractivity contribution is -0.142. The lowest BCUT2D eigenvalue weighted by Crippen LogP contribution is -2.31. The lowest BCUT2D eigenvalue weighted by Gasteiger charge is -2.14. The highest BCUT2D eigenvalue weighted by Crippen LogP contribution is 2.27. The average molecular weight is 334 g/mol. The van der Waals surface area contributed by atoms with E-state index in [1.54, 1.807) is 4.90 Å². The number of amides is 1. The summed E-state index contributed by atoms with van der Waals surface area (Å²) in [5.74, 6) is 0.111. The van der Waals surface area contributed by atoms with E-state index in [1.807, 2.05) is 31.4 Å². The predicted molar refractivity (Wildman–Crippen MR) is 85.1 cm³/mol. The van der Waals surface area contributed by atoms with Gasteiger partial charge in [-0.3, -0.25) is 9.59 Å². The van der Waals surface area contributed by atoms with Crippen molar-refractivity contribution in [1.82, 2.24) is 9.88 Å². The van der Waals surface area contributed by atoms with Crippen molar-refractivity contribution in [3.8, 4) is 10.8 Å². The predicted octanol–water partition coefficient (Wildman–Crippen LogP) is 2.43. The molecule has 1 fully saturated rings. The van der Waals surface area contributed by atoms with Gasteiger partial charge in [-0.2, -0.15) is 0 Å². The van der Waals surface area contributed by atoms with E-state index < -0.39 is 11.9 Å². The van der Waals surface area contributed by atoms with Gasteiger partial charge in [0, 0.05) is 18.5 Å². The standard InChI is InChI=1S/C16H18N2O4S/c1-9-6-18(7-12(9)16(20)21)14(19)5-11-8-23-15(17-11)13-4-3-10(2)22-13/h3-4,8-9,12H,5-7H2,1-2H3,(H,20,21)/t9-,12-/m1/s1. The molecule has 1 saturated heterocycles. The van der Waals surface area contributed by atoms with Crippen molar-refractivity contribution in [1.29, 1.82) is 0 Å². The Balaban J connectivity index is 1.65. The number of carboxylic acids is 1. The quantitative estimate of drug-likeness (QED) is 0.928. The molecule has 1 aliphatic heterocycles. The smallest absolute Gasteiger partial charge is 0.308 e. The number of furan rings is 1. The number of thiazole rings is 1. The number of rotatable bonds is 4. The van der Waals surface area contributed by atoms with E-state index >= 15 is 0 Å². The van der Waals surface area contributed by atoms with Crippen LogP contribution in [0.15, 0.2) is 21.9 Å². The second-order valence-electron chi connectivity index (χ2n) is 5.95. The van der Waals surface area contributed by atoms with Crippen molar-refractivity contribution in [3.63, 3.8) is 0 Å². The van der Waals surface area contributed by atoms with Gasteiger partial charge in [0.25, 0.3) is 0 Å². The second kappa shape index (κ2) is 6.16. The molecule has 7 heteroatoms. The molecule has 0 bridgehead atoms. The molecular weight excluding hydrogens is 316 g/mol. The number of carbonyl (C=O) groups excluding carboxylic acids is 1. The number of aromatic nitrogens is 1. The fraction of sp³-hybridized carbons (Fsp3) is 0.438. The number of carbonyl (C=O) groups is 2. The minimum atomic E-state index is -0.836. The molecule has 0 unspecified atom stereocenters. The van der Waals surface area contributed by atoms with E-state index in [0.717, 1.165) is 10.8 Å². The van der Waals surface area contributed by atoms with Gasteiger partial charge >= 0.3 is 5.97 Å². The summed E-state index contributed by atoms with van der Waals surface area (Å²) in [6.45, 7) is 4.51.